The number of anilines is 4. The lowest BCUT2D eigenvalue weighted by Gasteiger charge is -2.30. The van der Waals surface area contributed by atoms with Gasteiger partial charge < -0.3 is 30.3 Å². The summed E-state index contributed by atoms with van der Waals surface area (Å²) in [5.41, 5.74) is 6.95. The Morgan fingerprint density at radius 3 is 1.18 bits per heavy atom. The molecule has 0 aliphatic rings. The predicted molar refractivity (Wildman–Crippen MR) is 307 cm³/mol. The third-order valence-corrected chi connectivity index (χ3v) is 12.5. The van der Waals surface area contributed by atoms with Gasteiger partial charge in [0, 0.05) is 36.9 Å². The number of esters is 2. The van der Waals surface area contributed by atoms with E-state index >= 15 is 0 Å². The van der Waals surface area contributed by atoms with Crippen LogP contribution in [0.3, 0.4) is 0 Å². The molecule has 0 spiro atoms. The fourth-order valence-electron chi connectivity index (χ4n) is 7.21. The minimum absolute atomic E-state index is 0.0147. The average molecular weight is 1180 g/mol. The molecule has 2 atom stereocenters. The highest BCUT2D eigenvalue weighted by atomic mass is 127. The first kappa shape index (κ1) is 56.2. The number of carbonyl (C=O) groups is 4. The summed E-state index contributed by atoms with van der Waals surface area (Å²) in [5.74, 6) is -1.07. The molecular weight excluding hydrogens is 1110 g/mol. The quantitative estimate of drug-likeness (QED) is 0.0817. The SMILES string of the molecule is CC(C)(C)OC(=O)c1ccc(NC(C(=O)Nc2ccc(I)cc2)c2ccc(C(C)(C)C)cc2)cc1.CN(c1ccc(C(=O)OC(C)(C)C)cc1)C(C(=O)Nc1ccc(I)cc1)c1ccc(C(C)(C)C)cc1. The summed E-state index contributed by atoms with van der Waals surface area (Å²) in [7, 11) is 1.89. The summed E-state index contributed by atoms with van der Waals surface area (Å²) in [5, 5.41) is 9.40. The standard InChI is InChI=1S/C30H35IN2O3.C29H33IN2O3/c1-29(2,3)22-12-8-20(9-13-22)26(27(34)32-24-16-14-23(31)15-17-24)33(7)25-18-10-21(11-19-25)28(35)36-30(4,5)6;1-28(2,3)21-11-7-19(8-12-21)25(26(33)32-24-17-13-22(30)14-18-24)31-23-15-9-20(10-16-23)27(34)35-29(4,5)6/h8-19,26H,1-7H3,(H,32,34);7-18,25,31H,1-6H3,(H,32,33). The van der Waals surface area contributed by atoms with Crippen LogP contribution in [-0.2, 0) is 29.9 Å². The Labute approximate surface area is 448 Å². The van der Waals surface area contributed by atoms with Gasteiger partial charge in [-0.1, -0.05) is 90.1 Å². The molecule has 3 N–H and O–H groups in total. The van der Waals surface area contributed by atoms with Crippen molar-refractivity contribution in [3.63, 3.8) is 0 Å². The predicted octanol–water partition coefficient (Wildman–Crippen LogP) is 14.7. The first-order chi connectivity index (χ1) is 33.1. The van der Waals surface area contributed by atoms with Gasteiger partial charge in [-0.2, -0.15) is 0 Å². The van der Waals surface area contributed by atoms with Gasteiger partial charge in [0.15, 0.2) is 0 Å². The van der Waals surface area contributed by atoms with E-state index in [1.807, 2.05) is 138 Å². The molecule has 0 bridgehead atoms. The van der Waals surface area contributed by atoms with Crippen molar-refractivity contribution in [1.82, 2.24) is 0 Å². The van der Waals surface area contributed by atoms with E-state index in [4.69, 9.17) is 9.47 Å². The molecule has 2 unspecified atom stereocenters. The molecule has 0 fully saturated rings. The van der Waals surface area contributed by atoms with E-state index in [1.54, 1.807) is 36.4 Å². The van der Waals surface area contributed by atoms with E-state index in [0.717, 1.165) is 41.0 Å². The Morgan fingerprint density at radius 1 is 0.451 bits per heavy atom. The topological polar surface area (TPSA) is 126 Å². The van der Waals surface area contributed by atoms with Crippen LogP contribution < -0.4 is 20.9 Å². The third kappa shape index (κ3) is 17.2. The van der Waals surface area contributed by atoms with Crippen LogP contribution in [0.15, 0.2) is 146 Å². The van der Waals surface area contributed by atoms with Gasteiger partial charge in [0.1, 0.15) is 23.3 Å². The summed E-state index contributed by atoms with van der Waals surface area (Å²) in [4.78, 5) is 53.7. The maximum atomic E-state index is 13.6. The monoisotopic (exact) mass is 1180 g/mol. The summed E-state index contributed by atoms with van der Waals surface area (Å²) in [6, 6.07) is 44.6. The normalized spacial score (nSPS) is 12.5. The van der Waals surface area contributed by atoms with Gasteiger partial charge in [0.05, 0.1) is 11.1 Å². The molecule has 374 valence electrons. The summed E-state index contributed by atoms with van der Waals surface area (Å²) in [6.07, 6.45) is 0. The van der Waals surface area contributed by atoms with Gasteiger partial charge in [0.25, 0.3) is 11.8 Å². The van der Waals surface area contributed by atoms with Crippen LogP contribution in [0.1, 0.15) is 138 Å². The third-order valence-electron chi connectivity index (χ3n) is 11.1. The van der Waals surface area contributed by atoms with E-state index in [2.05, 4.69) is 127 Å². The Balaban J connectivity index is 0.000000264. The number of rotatable bonds is 12. The minimum Gasteiger partial charge on any atom is -0.456 e. The number of benzene rings is 6. The zero-order valence-corrected chi connectivity index (χ0v) is 47.5. The highest BCUT2D eigenvalue weighted by Gasteiger charge is 2.28. The van der Waals surface area contributed by atoms with Crippen molar-refractivity contribution in [2.24, 2.45) is 0 Å². The van der Waals surface area contributed by atoms with Crippen LogP contribution in [0.25, 0.3) is 0 Å². The number of carbonyl (C=O) groups excluding carboxylic acids is 4. The molecule has 2 amide bonds. The molecule has 0 saturated heterocycles. The Kier molecular flexibility index (Phi) is 18.7. The second kappa shape index (κ2) is 23.7. The van der Waals surface area contributed by atoms with Crippen LogP contribution in [0.2, 0.25) is 0 Å². The van der Waals surface area contributed by atoms with E-state index < -0.39 is 23.3 Å². The largest absolute Gasteiger partial charge is 0.456 e. The molecule has 0 saturated carbocycles. The molecule has 0 aliphatic carbocycles. The van der Waals surface area contributed by atoms with Crippen LogP contribution in [0, 0.1) is 7.14 Å². The summed E-state index contributed by atoms with van der Waals surface area (Å²) < 4.78 is 13.1. The zero-order valence-electron chi connectivity index (χ0n) is 43.2. The first-order valence-electron chi connectivity index (χ1n) is 23.6. The fraction of sp³-hybridized carbons (Fsp3) is 0.322. The van der Waals surface area contributed by atoms with Crippen molar-refractivity contribution in [2.45, 2.75) is 117 Å². The number of nitrogens with zero attached hydrogens (tertiary/aromatic N) is 1. The Morgan fingerprint density at radius 2 is 0.803 bits per heavy atom. The Bertz CT molecular complexity index is 2730. The van der Waals surface area contributed by atoms with Gasteiger partial charge in [-0.3, -0.25) is 9.59 Å². The lowest BCUT2D eigenvalue weighted by Crippen LogP contribution is -2.35. The maximum Gasteiger partial charge on any atom is 0.338 e. The van der Waals surface area contributed by atoms with Crippen molar-refractivity contribution >= 4 is 91.7 Å². The van der Waals surface area contributed by atoms with Crippen LogP contribution in [-0.4, -0.2) is 42.0 Å². The van der Waals surface area contributed by atoms with E-state index in [9.17, 15) is 19.2 Å². The highest BCUT2D eigenvalue weighted by molar-refractivity contribution is 14.1. The molecular formula is C59H68I2N4O6. The number of nitrogens with one attached hydrogen (secondary N) is 3. The molecule has 6 aromatic carbocycles. The van der Waals surface area contributed by atoms with Crippen molar-refractivity contribution in [2.75, 3.05) is 27.9 Å². The smallest absolute Gasteiger partial charge is 0.338 e. The van der Waals surface area contributed by atoms with Crippen molar-refractivity contribution < 1.29 is 28.7 Å². The first-order valence-corrected chi connectivity index (χ1v) is 25.7. The number of halogens is 2. The fourth-order valence-corrected chi connectivity index (χ4v) is 7.93. The van der Waals surface area contributed by atoms with Gasteiger partial charge >= 0.3 is 11.9 Å². The van der Waals surface area contributed by atoms with Gasteiger partial charge in [-0.15, -0.1) is 0 Å². The lowest BCUT2D eigenvalue weighted by molar-refractivity contribution is -0.118. The van der Waals surface area contributed by atoms with Gasteiger partial charge in [-0.25, -0.2) is 9.59 Å². The van der Waals surface area contributed by atoms with E-state index in [0.29, 0.717) is 11.1 Å². The summed E-state index contributed by atoms with van der Waals surface area (Å²) in [6.45, 7) is 24.0. The number of amides is 2. The summed E-state index contributed by atoms with van der Waals surface area (Å²) >= 11 is 4.47. The molecule has 10 nitrogen and oxygen atoms in total. The minimum atomic E-state index is -0.629. The molecule has 0 heterocycles. The molecule has 12 heteroatoms. The lowest BCUT2D eigenvalue weighted by atomic mass is 9.86. The van der Waals surface area contributed by atoms with Crippen molar-refractivity contribution in [3.05, 3.63) is 186 Å². The van der Waals surface area contributed by atoms with Gasteiger partial charge in [-0.05, 0) is 217 Å². The number of ether oxygens (including phenoxy) is 2. The van der Waals surface area contributed by atoms with E-state index in [-0.39, 0.29) is 34.6 Å². The van der Waals surface area contributed by atoms with Crippen LogP contribution >= 0.6 is 45.2 Å². The van der Waals surface area contributed by atoms with Crippen molar-refractivity contribution in [3.8, 4) is 0 Å². The average Bonchev–Trinajstić information content (AvgIpc) is 3.29. The molecule has 0 radical (unpaired) electrons. The molecule has 71 heavy (non-hydrogen) atoms. The highest BCUT2D eigenvalue weighted by Crippen LogP contribution is 2.32. The van der Waals surface area contributed by atoms with E-state index in [1.165, 1.54) is 11.1 Å². The number of hydrogen-bond acceptors (Lipinski definition) is 8. The molecule has 6 aromatic rings. The van der Waals surface area contributed by atoms with Crippen LogP contribution in [0.5, 0.6) is 0 Å². The molecule has 0 aliphatic heterocycles. The number of likely N-dealkylation sites (N-methyl/N-ethyl adjacent to an activating group) is 1. The molecule has 6 rings (SSSR count). The zero-order chi connectivity index (χ0) is 52.5. The van der Waals surface area contributed by atoms with Crippen LogP contribution in [0.4, 0.5) is 22.7 Å². The number of hydrogen-bond donors (Lipinski definition) is 3. The van der Waals surface area contributed by atoms with Gasteiger partial charge in [0.2, 0.25) is 0 Å². The second-order valence-electron chi connectivity index (χ2n) is 21.5. The second-order valence-corrected chi connectivity index (χ2v) is 23.9. The maximum absolute atomic E-state index is 13.6. The van der Waals surface area contributed by atoms with Crippen molar-refractivity contribution in [1.29, 1.82) is 0 Å². The molecule has 0 aromatic heterocycles. The Hall–Kier alpha value is -5.74.